The van der Waals surface area contributed by atoms with Gasteiger partial charge in [-0.05, 0) is 45.0 Å². The van der Waals surface area contributed by atoms with Crippen molar-refractivity contribution in [1.82, 2.24) is 15.2 Å². The van der Waals surface area contributed by atoms with Gasteiger partial charge in [-0.2, -0.15) is 0 Å². The van der Waals surface area contributed by atoms with Crippen molar-refractivity contribution >= 4 is 5.82 Å². The van der Waals surface area contributed by atoms with E-state index in [4.69, 9.17) is 0 Å². The summed E-state index contributed by atoms with van der Waals surface area (Å²) in [5, 5.41) is 3.52. The van der Waals surface area contributed by atoms with Crippen LogP contribution < -0.4 is 10.2 Å². The molecule has 0 saturated carbocycles. The minimum atomic E-state index is 0.661. The zero-order chi connectivity index (χ0) is 15.2. The predicted octanol–water partition coefficient (Wildman–Crippen LogP) is 2.36. The van der Waals surface area contributed by atoms with Crippen LogP contribution in [0.25, 0.3) is 0 Å². The summed E-state index contributed by atoms with van der Waals surface area (Å²) in [7, 11) is 4.40. The molecule has 4 nitrogen and oxygen atoms in total. The number of rotatable bonds is 7. The number of likely N-dealkylation sites (N-methyl/N-ethyl adjacent to an activating group) is 2. The Bertz CT molecular complexity index is 433. The first-order valence-electron chi connectivity index (χ1n) is 8.14. The van der Waals surface area contributed by atoms with Crippen molar-refractivity contribution in [3.05, 3.63) is 23.9 Å². The summed E-state index contributed by atoms with van der Waals surface area (Å²) < 4.78 is 0. The minimum absolute atomic E-state index is 0.661. The Balaban J connectivity index is 1.97. The maximum Gasteiger partial charge on any atom is 0.132 e. The van der Waals surface area contributed by atoms with Gasteiger partial charge in [0, 0.05) is 37.9 Å². The van der Waals surface area contributed by atoms with Crippen LogP contribution in [-0.2, 0) is 6.54 Å². The van der Waals surface area contributed by atoms with E-state index in [1.165, 1.54) is 24.9 Å². The van der Waals surface area contributed by atoms with Crippen LogP contribution in [0.4, 0.5) is 5.82 Å². The number of pyridine rings is 1. The number of nitrogens with zero attached hydrogens (tertiary/aromatic N) is 3. The number of aromatic nitrogens is 1. The molecule has 0 bridgehead atoms. The fourth-order valence-electron chi connectivity index (χ4n) is 3.02. The molecule has 0 aliphatic carbocycles. The van der Waals surface area contributed by atoms with Gasteiger partial charge >= 0.3 is 0 Å². The van der Waals surface area contributed by atoms with Crippen LogP contribution >= 0.6 is 0 Å². The number of hydrogen-bond acceptors (Lipinski definition) is 4. The van der Waals surface area contributed by atoms with Crippen LogP contribution in [0.1, 0.15) is 32.3 Å². The summed E-state index contributed by atoms with van der Waals surface area (Å²) in [6, 6.07) is 4.88. The van der Waals surface area contributed by atoms with Gasteiger partial charge in [-0.3, -0.25) is 0 Å². The molecule has 1 saturated heterocycles. The second kappa shape index (κ2) is 7.76. The Hall–Kier alpha value is -1.13. The van der Waals surface area contributed by atoms with Gasteiger partial charge in [0.1, 0.15) is 5.82 Å². The molecule has 1 aliphatic rings. The van der Waals surface area contributed by atoms with Crippen molar-refractivity contribution in [3.8, 4) is 0 Å². The summed E-state index contributed by atoms with van der Waals surface area (Å²) in [6.07, 6.45) is 4.52. The molecule has 1 unspecified atom stereocenters. The first-order chi connectivity index (χ1) is 10.1. The molecule has 0 spiro atoms. The van der Waals surface area contributed by atoms with Crippen molar-refractivity contribution in [2.75, 3.05) is 38.6 Å². The van der Waals surface area contributed by atoms with Gasteiger partial charge in [-0.25, -0.2) is 4.98 Å². The highest BCUT2D eigenvalue weighted by molar-refractivity contribution is 5.46. The van der Waals surface area contributed by atoms with Gasteiger partial charge in [0.15, 0.2) is 0 Å². The molecule has 0 radical (unpaired) electrons. The average Bonchev–Trinajstić information content (AvgIpc) is 2.84. The summed E-state index contributed by atoms with van der Waals surface area (Å²) in [5.41, 5.74) is 1.29. The van der Waals surface area contributed by atoms with Crippen LogP contribution in [0, 0.1) is 5.92 Å². The van der Waals surface area contributed by atoms with E-state index in [-0.39, 0.29) is 0 Å². The Morgan fingerprint density at radius 2 is 2.29 bits per heavy atom. The third kappa shape index (κ3) is 4.68. The molecule has 1 fully saturated rings. The number of likely N-dealkylation sites (tertiary alicyclic amines) is 1. The van der Waals surface area contributed by atoms with E-state index in [0.29, 0.717) is 12.0 Å². The Morgan fingerprint density at radius 1 is 1.48 bits per heavy atom. The largest absolute Gasteiger partial charge is 0.358 e. The molecular formula is C17H30N4. The Kier molecular flexibility index (Phi) is 6.00. The highest BCUT2D eigenvalue weighted by Gasteiger charge is 2.23. The molecule has 1 aromatic rings. The Labute approximate surface area is 129 Å². The van der Waals surface area contributed by atoms with Crippen LogP contribution in [0.3, 0.4) is 0 Å². The molecule has 4 heteroatoms. The maximum atomic E-state index is 4.61. The zero-order valence-corrected chi connectivity index (χ0v) is 14.0. The topological polar surface area (TPSA) is 31.4 Å². The summed E-state index contributed by atoms with van der Waals surface area (Å²) in [6.45, 7) is 8.70. The molecule has 1 aromatic heterocycles. The molecule has 1 atom stereocenters. The number of anilines is 1. The first-order valence-corrected chi connectivity index (χ1v) is 8.14. The monoisotopic (exact) mass is 290 g/mol. The van der Waals surface area contributed by atoms with Crippen molar-refractivity contribution in [2.24, 2.45) is 5.92 Å². The van der Waals surface area contributed by atoms with Crippen molar-refractivity contribution in [3.63, 3.8) is 0 Å². The second-order valence-corrected chi connectivity index (χ2v) is 6.67. The van der Waals surface area contributed by atoms with Crippen LogP contribution in [0.2, 0.25) is 0 Å². The van der Waals surface area contributed by atoms with E-state index >= 15 is 0 Å². The molecule has 0 amide bonds. The van der Waals surface area contributed by atoms with Gasteiger partial charge in [0.05, 0.1) is 0 Å². The molecule has 118 valence electrons. The molecule has 1 N–H and O–H groups in total. The van der Waals surface area contributed by atoms with Gasteiger partial charge in [-0.15, -0.1) is 0 Å². The van der Waals surface area contributed by atoms with Crippen LogP contribution in [0.15, 0.2) is 18.3 Å². The molecule has 2 rings (SSSR count). The van der Waals surface area contributed by atoms with Crippen molar-refractivity contribution in [1.29, 1.82) is 0 Å². The van der Waals surface area contributed by atoms with Crippen LogP contribution in [0.5, 0.6) is 0 Å². The molecule has 1 aliphatic heterocycles. The smallest absolute Gasteiger partial charge is 0.132 e. The lowest BCUT2D eigenvalue weighted by atomic mass is 10.2. The lowest BCUT2D eigenvalue weighted by Crippen LogP contribution is -2.37. The lowest BCUT2D eigenvalue weighted by Gasteiger charge is -2.28. The van der Waals surface area contributed by atoms with E-state index in [9.17, 15) is 0 Å². The molecule has 0 aromatic carbocycles. The van der Waals surface area contributed by atoms with Crippen molar-refractivity contribution in [2.45, 2.75) is 39.3 Å². The fraction of sp³-hybridized carbons (Fsp3) is 0.706. The second-order valence-electron chi connectivity index (χ2n) is 6.67. The Morgan fingerprint density at radius 3 is 2.95 bits per heavy atom. The fourth-order valence-corrected chi connectivity index (χ4v) is 3.02. The predicted molar refractivity (Wildman–Crippen MR) is 89.7 cm³/mol. The highest BCUT2D eigenvalue weighted by atomic mass is 15.2. The maximum absolute atomic E-state index is 4.61. The zero-order valence-electron chi connectivity index (χ0n) is 14.0. The summed E-state index contributed by atoms with van der Waals surface area (Å²) in [4.78, 5) is 9.40. The third-order valence-electron chi connectivity index (χ3n) is 4.25. The normalized spacial score (nSPS) is 19.4. The van der Waals surface area contributed by atoms with Gasteiger partial charge in [0.2, 0.25) is 0 Å². The minimum Gasteiger partial charge on any atom is -0.358 e. The average molecular weight is 290 g/mol. The highest BCUT2D eigenvalue weighted by Crippen LogP contribution is 2.20. The number of hydrogen-bond donors (Lipinski definition) is 1. The van der Waals surface area contributed by atoms with E-state index in [1.807, 2.05) is 12.3 Å². The van der Waals surface area contributed by atoms with E-state index in [1.54, 1.807) is 0 Å². The lowest BCUT2D eigenvalue weighted by molar-refractivity contribution is 0.314. The first kappa shape index (κ1) is 16.2. The molecular weight excluding hydrogens is 260 g/mol. The summed E-state index contributed by atoms with van der Waals surface area (Å²) in [5.74, 6) is 1.80. The standard InChI is InChI=1S/C17H30N4/c1-14(2)11-18-12-15-7-5-9-19-17(15)21(4)13-16-8-6-10-20(16)3/h5,7,9,14,16,18H,6,8,10-13H2,1-4H3. The number of nitrogens with one attached hydrogen (secondary N) is 1. The molecule has 21 heavy (non-hydrogen) atoms. The SMILES string of the molecule is CC(C)CNCc1cccnc1N(C)CC1CCCN1C. The van der Waals surface area contributed by atoms with Gasteiger partial charge < -0.3 is 15.1 Å². The van der Waals surface area contributed by atoms with Gasteiger partial charge in [0.25, 0.3) is 0 Å². The van der Waals surface area contributed by atoms with E-state index in [2.05, 4.69) is 54.1 Å². The quantitative estimate of drug-likeness (QED) is 0.835. The third-order valence-corrected chi connectivity index (χ3v) is 4.25. The molecule has 2 heterocycles. The summed E-state index contributed by atoms with van der Waals surface area (Å²) >= 11 is 0. The van der Waals surface area contributed by atoms with E-state index in [0.717, 1.165) is 25.5 Å². The van der Waals surface area contributed by atoms with Crippen molar-refractivity contribution < 1.29 is 0 Å². The van der Waals surface area contributed by atoms with Crippen LogP contribution in [-0.4, -0.2) is 49.7 Å². The van der Waals surface area contributed by atoms with E-state index < -0.39 is 0 Å². The van der Waals surface area contributed by atoms with Gasteiger partial charge in [-0.1, -0.05) is 19.9 Å².